The van der Waals surface area contributed by atoms with E-state index in [9.17, 15) is 21.6 Å². The first-order chi connectivity index (χ1) is 8.53. The van der Waals surface area contributed by atoms with Crippen molar-refractivity contribution in [3.8, 4) is 0 Å². The van der Waals surface area contributed by atoms with Gasteiger partial charge in [0.05, 0.1) is 22.0 Å². The summed E-state index contributed by atoms with van der Waals surface area (Å²) in [4.78, 5) is -0.184. The predicted octanol–water partition coefficient (Wildman–Crippen LogP) is 2.46. The number of halogens is 4. The van der Waals surface area contributed by atoms with Crippen LogP contribution in [0.25, 0.3) is 0 Å². The molecule has 0 aliphatic heterocycles. The van der Waals surface area contributed by atoms with Crippen LogP contribution in [-0.2, 0) is 10.0 Å². The fourth-order valence-corrected chi connectivity index (χ4v) is 2.87. The van der Waals surface area contributed by atoms with Crippen LogP contribution in [0.15, 0.2) is 17.0 Å². The molecule has 0 spiro atoms. The van der Waals surface area contributed by atoms with Gasteiger partial charge in [-0.25, -0.2) is 13.1 Å². The fraction of sp³-hybridized carbons (Fsp3) is 0.400. The second kappa shape index (κ2) is 5.56. The smallest absolute Gasteiger partial charge is 0.390 e. The molecule has 3 N–H and O–H groups in total. The predicted molar refractivity (Wildman–Crippen MR) is 66.5 cm³/mol. The van der Waals surface area contributed by atoms with Gasteiger partial charge in [-0.3, -0.25) is 0 Å². The number of nitrogens with one attached hydrogen (secondary N) is 1. The summed E-state index contributed by atoms with van der Waals surface area (Å²) in [6, 6.07) is 2.46. The number of rotatable bonds is 4. The zero-order valence-electron chi connectivity index (χ0n) is 9.88. The van der Waals surface area contributed by atoms with Crippen molar-refractivity contribution in [3.63, 3.8) is 0 Å². The molecule has 0 aromatic heterocycles. The van der Waals surface area contributed by atoms with Crippen molar-refractivity contribution in [1.29, 1.82) is 0 Å². The molecule has 108 valence electrons. The highest BCUT2D eigenvalue weighted by atomic mass is 35.5. The number of nitrogen functional groups attached to an aromatic ring is 1. The van der Waals surface area contributed by atoms with Gasteiger partial charge in [0.2, 0.25) is 10.0 Å². The van der Waals surface area contributed by atoms with Crippen LogP contribution in [0, 0.1) is 6.92 Å². The highest BCUT2D eigenvalue weighted by Gasteiger charge is 2.28. The Balaban J connectivity index is 2.92. The van der Waals surface area contributed by atoms with E-state index in [0.717, 1.165) is 6.07 Å². The van der Waals surface area contributed by atoms with Gasteiger partial charge in [-0.05, 0) is 24.6 Å². The Bertz CT molecular complexity index is 573. The fourth-order valence-electron chi connectivity index (χ4n) is 1.36. The minimum Gasteiger partial charge on any atom is -0.397 e. The van der Waals surface area contributed by atoms with Crippen molar-refractivity contribution in [1.82, 2.24) is 4.72 Å². The van der Waals surface area contributed by atoms with Crippen molar-refractivity contribution in [3.05, 3.63) is 22.7 Å². The maximum absolute atomic E-state index is 12.0. The van der Waals surface area contributed by atoms with Gasteiger partial charge >= 0.3 is 6.18 Å². The highest BCUT2D eigenvalue weighted by Crippen LogP contribution is 2.26. The molecule has 19 heavy (non-hydrogen) atoms. The van der Waals surface area contributed by atoms with Crippen molar-refractivity contribution < 1.29 is 21.6 Å². The van der Waals surface area contributed by atoms with Crippen LogP contribution in [0.3, 0.4) is 0 Å². The Morgan fingerprint density at radius 3 is 2.47 bits per heavy atom. The van der Waals surface area contributed by atoms with Gasteiger partial charge in [0.25, 0.3) is 0 Å². The Morgan fingerprint density at radius 1 is 1.37 bits per heavy atom. The highest BCUT2D eigenvalue weighted by molar-refractivity contribution is 7.89. The van der Waals surface area contributed by atoms with Gasteiger partial charge in [-0.15, -0.1) is 0 Å². The van der Waals surface area contributed by atoms with Crippen LogP contribution < -0.4 is 10.5 Å². The number of sulfonamides is 1. The molecule has 0 bridgehead atoms. The number of hydrogen-bond donors (Lipinski definition) is 2. The largest absolute Gasteiger partial charge is 0.397 e. The monoisotopic (exact) mass is 316 g/mol. The lowest BCUT2D eigenvalue weighted by Gasteiger charge is -2.12. The standard InChI is InChI=1S/C10H12ClF3N2O2S/c1-6-4-7(11)8(15)5-9(6)19(17,18)16-3-2-10(12,13)14/h4-5,16H,2-3,15H2,1H3. The summed E-state index contributed by atoms with van der Waals surface area (Å²) in [6.07, 6.45) is -5.66. The second-order valence-electron chi connectivity index (χ2n) is 3.90. The minimum absolute atomic E-state index is 0.0449. The number of alkyl halides is 3. The number of aryl methyl sites for hydroxylation is 1. The Labute approximate surface area is 113 Å². The third-order valence-electron chi connectivity index (χ3n) is 2.28. The van der Waals surface area contributed by atoms with E-state index in [1.807, 2.05) is 4.72 Å². The van der Waals surface area contributed by atoms with Gasteiger partial charge in [-0.1, -0.05) is 11.6 Å². The lowest BCUT2D eigenvalue weighted by atomic mass is 10.2. The number of hydrogen-bond acceptors (Lipinski definition) is 3. The molecule has 4 nitrogen and oxygen atoms in total. The van der Waals surface area contributed by atoms with E-state index in [4.69, 9.17) is 17.3 Å². The molecule has 0 radical (unpaired) electrons. The first kappa shape index (κ1) is 16.1. The van der Waals surface area contributed by atoms with Crippen LogP contribution >= 0.6 is 11.6 Å². The maximum Gasteiger partial charge on any atom is 0.390 e. The van der Waals surface area contributed by atoms with Crippen molar-refractivity contribution in [2.75, 3.05) is 12.3 Å². The average molecular weight is 317 g/mol. The van der Waals surface area contributed by atoms with E-state index in [1.54, 1.807) is 0 Å². The van der Waals surface area contributed by atoms with E-state index in [0.29, 0.717) is 5.56 Å². The van der Waals surface area contributed by atoms with Crippen LogP contribution in [-0.4, -0.2) is 21.1 Å². The van der Waals surface area contributed by atoms with E-state index in [1.165, 1.54) is 13.0 Å². The summed E-state index contributed by atoms with van der Waals surface area (Å²) in [6.45, 7) is 0.747. The first-order valence-electron chi connectivity index (χ1n) is 5.15. The lowest BCUT2D eigenvalue weighted by molar-refractivity contribution is -0.132. The van der Waals surface area contributed by atoms with Gasteiger partial charge in [-0.2, -0.15) is 13.2 Å². The third kappa shape index (κ3) is 4.55. The first-order valence-corrected chi connectivity index (χ1v) is 7.01. The summed E-state index contributed by atoms with van der Waals surface area (Å²) in [5.74, 6) is 0. The molecule has 0 saturated carbocycles. The van der Waals surface area contributed by atoms with Gasteiger partial charge < -0.3 is 5.73 Å². The summed E-state index contributed by atoms with van der Waals surface area (Å²) in [5.41, 5.74) is 5.83. The van der Waals surface area contributed by atoms with Crippen molar-refractivity contribution in [2.45, 2.75) is 24.4 Å². The zero-order chi connectivity index (χ0) is 14.8. The Hall–Kier alpha value is -0.990. The Morgan fingerprint density at radius 2 is 1.95 bits per heavy atom. The molecule has 1 aromatic rings. The van der Waals surface area contributed by atoms with Crippen molar-refractivity contribution >= 4 is 27.3 Å². The van der Waals surface area contributed by atoms with Gasteiger partial charge in [0.15, 0.2) is 0 Å². The molecule has 0 amide bonds. The van der Waals surface area contributed by atoms with Gasteiger partial charge in [0, 0.05) is 6.54 Å². The molecular weight excluding hydrogens is 305 g/mol. The molecule has 0 aliphatic rings. The van der Waals surface area contributed by atoms with Crippen LogP contribution in [0.5, 0.6) is 0 Å². The van der Waals surface area contributed by atoms with Crippen LogP contribution in [0.1, 0.15) is 12.0 Å². The Kier molecular flexibility index (Phi) is 4.70. The zero-order valence-corrected chi connectivity index (χ0v) is 11.5. The summed E-state index contributed by atoms with van der Waals surface area (Å²) < 4.78 is 61.4. The summed E-state index contributed by atoms with van der Waals surface area (Å²) in [7, 11) is -4.04. The average Bonchev–Trinajstić information content (AvgIpc) is 2.20. The molecule has 0 unspecified atom stereocenters. The molecule has 0 atom stereocenters. The minimum atomic E-state index is -4.42. The molecular formula is C10H12ClF3N2O2S. The third-order valence-corrected chi connectivity index (χ3v) is 4.21. The topological polar surface area (TPSA) is 72.2 Å². The lowest BCUT2D eigenvalue weighted by Crippen LogP contribution is -2.28. The number of benzene rings is 1. The molecule has 1 aromatic carbocycles. The normalized spacial score (nSPS) is 12.7. The van der Waals surface area contributed by atoms with Gasteiger partial charge in [0.1, 0.15) is 0 Å². The molecule has 1 rings (SSSR count). The van der Waals surface area contributed by atoms with Crippen molar-refractivity contribution in [2.24, 2.45) is 0 Å². The maximum atomic E-state index is 12.0. The van der Waals surface area contributed by atoms with E-state index >= 15 is 0 Å². The molecule has 9 heteroatoms. The summed E-state index contributed by atoms with van der Waals surface area (Å²) in [5, 5.41) is 0.187. The molecule has 0 aliphatic carbocycles. The molecule has 0 saturated heterocycles. The summed E-state index contributed by atoms with van der Waals surface area (Å²) >= 11 is 5.71. The number of anilines is 1. The van der Waals surface area contributed by atoms with E-state index in [-0.39, 0.29) is 15.6 Å². The van der Waals surface area contributed by atoms with Crippen LogP contribution in [0.4, 0.5) is 18.9 Å². The molecule has 0 heterocycles. The SMILES string of the molecule is Cc1cc(Cl)c(N)cc1S(=O)(=O)NCCC(F)(F)F. The second-order valence-corrected chi connectivity index (χ2v) is 6.04. The van der Waals surface area contributed by atoms with E-state index in [2.05, 4.69) is 0 Å². The number of nitrogens with two attached hydrogens (primary N) is 1. The van der Waals surface area contributed by atoms with Crippen LogP contribution in [0.2, 0.25) is 5.02 Å². The molecule has 0 fully saturated rings. The quantitative estimate of drug-likeness (QED) is 0.838. The van der Waals surface area contributed by atoms with E-state index < -0.39 is 29.2 Å².